The second-order valence-electron chi connectivity index (χ2n) is 7.26. The fourth-order valence-corrected chi connectivity index (χ4v) is 5.47. The van der Waals surface area contributed by atoms with Gasteiger partial charge in [0.25, 0.3) is 0 Å². The van der Waals surface area contributed by atoms with Crippen molar-refractivity contribution in [2.75, 3.05) is 38.6 Å². The van der Waals surface area contributed by atoms with E-state index in [1.165, 1.54) is 0 Å². The van der Waals surface area contributed by atoms with Crippen molar-refractivity contribution in [2.24, 2.45) is 5.92 Å². The highest BCUT2D eigenvalue weighted by Gasteiger charge is 2.28. The molecule has 1 heterocycles. The largest absolute Gasteiger partial charge is 0.379 e. The fourth-order valence-electron chi connectivity index (χ4n) is 3.74. The molecular formula is C20H31BrN2O4S. The van der Waals surface area contributed by atoms with Gasteiger partial charge in [-0.3, -0.25) is 9.69 Å². The normalized spacial score (nSPS) is 16.9. The topological polar surface area (TPSA) is 75.7 Å². The Morgan fingerprint density at radius 3 is 2.54 bits per heavy atom. The Labute approximate surface area is 177 Å². The molecule has 0 radical (unpaired) electrons. The third kappa shape index (κ3) is 7.46. The Kier molecular flexibility index (Phi) is 9.40. The van der Waals surface area contributed by atoms with E-state index >= 15 is 0 Å². The van der Waals surface area contributed by atoms with E-state index in [1.54, 1.807) is 18.2 Å². The maximum absolute atomic E-state index is 12.4. The minimum Gasteiger partial charge on any atom is -0.379 e. The minimum atomic E-state index is -3.52. The van der Waals surface area contributed by atoms with Crippen LogP contribution in [0.4, 0.5) is 0 Å². The van der Waals surface area contributed by atoms with Gasteiger partial charge in [-0.1, -0.05) is 54.8 Å². The van der Waals surface area contributed by atoms with E-state index in [4.69, 9.17) is 4.74 Å². The molecule has 1 aliphatic rings. The van der Waals surface area contributed by atoms with E-state index in [0.29, 0.717) is 31.2 Å². The van der Waals surface area contributed by atoms with Gasteiger partial charge in [-0.25, -0.2) is 8.42 Å². The molecule has 1 fully saturated rings. The van der Waals surface area contributed by atoms with Crippen LogP contribution in [-0.2, 0) is 25.1 Å². The lowest BCUT2D eigenvalue weighted by Crippen LogP contribution is -2.52. The van der Waals surface area contributed by atoms with E-state index < -0.39 is 21.5 Å². The van der Waals surface area contributed by atoms with Crippen LogP contribution in [0.3, 0.4) is 0 Å². The molecule has 1 amide bonds. The zero-order valence-corrected chi connectivity index (χ0v) is 19.1. The first-order chi connectivity index (χ1) is 13.3. The molecule has 6 nitrogen and oxygen atoms in total. The average molecular weight is 475 g/mol. The molecule has 2 rings (SSSR count). The van der Waals surface area contributed by atoms with Crippen LogP contribution >= 0.6 is 15.9 Å². The SMILES string of the molecule is CCC(CC)C(CNC(=O)CS(=O)(=O)Cc1cccc(Br)c1)N1CCOCC1. The van der Waals surface area contributed by atoms with Gasteiger partial charge in [-0.2, -0.15) is 0 Å². The zero-order valence-electron chi connectivity index (χ0n) is 16.7. The van der Waals surface area contributed by atoms with Gasteiger partial charge in [0.05, 0.1) is 19.0 Å². The first-order valence-electron chi connectivity index (χ1n) is 9.88. The van der Waals surface area contributed by atoms with Crippen LogP contribution in [0.25, 0.3) is 0 Å². The van der Waals surface area contributed by atoms with E-state index in [-0.39, 0.29) is 11.8 Å². The van der Waals surface area contributed by atoms with Crippen LogP contribution in [0.1, 0.15) is 32.3 Å². The summed E-state index contributed by atoms with van der Waals surface area (Å²) in [5, 5.41) is 2.87. The van der Waals surface area contributed by atoms with Gasteiger partial charge in [-0.05, 0) is 23.6 Å². The summed E-state index contributed by atoms with van der Waals surface area (Å²) in [6, 6.07) is 7.35. The Balaban J connectivity index is 1.93. The van der Waals surface area contributed by atoms with Gasteiger partial charge >= 0.3 is 0 Å². The first-order valence-corrected chi connectivity index (χ1v) is 12.5. The van der Waals surface area contributed by atoms with Crippen LogP contribution in [0.2, 0.25) is 0 Å². The molecule has 1 unspecified atom stereocenters. The molecule has 1 aromatic carbocycles. The number of carbonyl (C=O) groups excluding carboxylic acids is 1. The molecular weight excluding hydrogens is 444 g/mol. The lowest BCUT2D eigenvalue weighted by molar-refractivity contribution is -0.119. The van der Waals surface area contributed by atoms with Crippen LogP contribution in [0, 0.1) is 5.92 Å². The maximum Gasteiger partial charge on any atom is 0.235 e. The molecule has 1 atom stereocenters. The van der Waals surface area contributed by atoms with E-state index in [2.05, 4.69) is 40.0 Å². The Hall–Kier alpha value is -0.960. The molecule has 0 spiro atoms. The Bertz CT molecular complexity index is 731. The van der Waals surface area contributed by atoms with Crippen LogP contribution in [0.15, 0.2) is 28.7 Å². The number of sulfone groups is 1. The standard InChI is InChI=1S/C20H31BrN2O4S/c1-3-17(4-2)19(23-8-10-27-11-9-23)13-22-20(24)15-28(25,26)14-16-6-5-7-18(21)12-16/h5-7,12,17,19H,3-4,8-11,13-15H2,1-2H3,(H,22,24). The lowest BCUT2D eigenvalue weighted by Gasteiger charge is -2.38. The van der Waals surface area contributed by atoms with Crippen molar-refractivity contribution in [1.29, 1.82) is 0 Å². The van der Waals surface area contributed by atoms with Crippen molar-refractivity contribution < 1.29 is 17.9 Å². The molecule has 1 aliphatic heterocycles. The monoisotopic (exact) mass is 474 g/mol. The van der Waals surface area contributed by atoms with Crippen molar-refractivity contribution in [3.8, 4) is 0 Å². The summed E-state index contributed by atoms with van der Waals surface area (Å²) in [5.41, 5.74) is 0.672. The second kappa shape index (κ2) is 11.3. The first kappa shape index (κ1) is 23.3. The molecule has 158 valence electrons. The number of halogens is 1. The van der Waals surface area contributed by atoms with Crippen molar-refractivity contribution in [2.45, 2.75) is 38.5 Å². The third-order valence-corrected chi connectivity index (χ3v) is 7.21. The minimum absolute atomic E-state index is 0.140. The van der Waals surface area contributed by atoms with Crippen molar-refractivity contribution in [1.82, 2.24) is 10.2 Å². The lowest BCUT2D eigenvalue weighted by atomic mass is 9.92. The molecule has 8 heteroatoms. The number of carbonyl (C=O) groups is 1. The number of amides is 1. The molecule has 0 bridgehead atoms. The number of nitrogens with zero attached hydrogens (tertiary/aromatic N) is 1. The molecule has 0 aliphatic carbocycles. The predicted octanol–water partition coefficient (Wildman–Crippen LogP) is 2.62. The van der Waals surface area contributed by atoms with Crippen molar-refractivity contribution >= 4 is 31.7 Å². The van der Waals surface area contributed by atoms with Gasteiger partial charge in [0.1, 0.15) is 5.75 Å². The summed E-state index contributed by atoms with van der Waals surface area (Å²) in [6.07, 6.45) is 2.05. The van der Waals surface area contributed by atoms with E-state index in [1.807, 2.05) is 6.07 Å². The quantitative estimate of drug-likeness (QED) is 0.563. The number of rotatable bonds is 10. The Morgan fingerprint density at radius 1 is 1.25 bits per heavy atom. The van der Waals surface area contributed by atoms with Crippen LogP contribution in [0.5, 0.6) is 0 Å². The molecule has 28 heavy (non-hydrogen) atoms. The number of nitrogens with one attached hydrogen (secondary N) is 1. The fraction of sp³-hybridized carbons (Fsp3) is 0.650. The van der Waals surface area contributed by atoms with E-state index in [9.17, 15) is 13.2 Å². The van der Waals surface area contributed by atoms with E-state index in [0.717, 1.165) is 30.4 Å². The second-order valence-corrected chi connectivity index (χ2v) is 10.2. The Morgan fingerprint density at radius 2 is 1.93 bits per heavy atom. The summed E-state index contributed by atoms with van der Waals surface area (Å²) in [6.45, 7) is 7.88. The van der Waals surface area contributed by atoms with Gasteiger partial charge in [-0.15, -0.1) is 0 Å². The smallest absolute Gasteiger partial charge is 0.235 e. The number of hydrogen-bond donors (Lipinski definition) is 1. The molecule has 0 saturated carbocycles. The number of hydrogen-bond acceptors (Lipinski definition) is 5. The van der Waals surface area contributed by atoms with Crippen molar-refractivity contribution in [3.05, 3.63) is 34.3 Å². The summed E-state index contributed by atoms with van der Waals surface area (Å²) in [4.78, 5) is 14.7. The molecule has 0 aromatic heterocycles. The summed E-state index contributed by atoms with van der Waals surface area (Å²) < 4.78 is 31.1. The summed E-state index contributed by atoms with van der Waals surface area (Å²) in [5.74, 6) is -0.603. The highest BCUT2D eigenvalue weighted by atomic mass is 79.9. The van der Waals surface area contributed by atoms with Gasteiger partial charge in [0.15, 0.2) is 9.84 Å². The number of morpholine rings is 1. The predicted molar refractivity (Wildman–Crippen MR) is 115 cm³/mol. The van der Waals surface area contributed by atoms with Gasteiger partial charge in [0, 0.05) is 30.1 Å². The van der Waals surface area contributed by atoms with Crippen LogP contribution < -0.4 is 5.32 Å². The maximum atomic E-state index is 12.4. The average Bonchev–Trinajstić information content (AvgIpc) is 2.65. The molecule has 1 aromatic rings. The zero-order chi connectivity index (χ0) is 20.6. The van der Waals surface area contributed by atoms with Crippen molar-refractivity contribution in [3.63, 3.8) is 0 Å². The summed E-state index contributed by atoms with van der Waals surface area (Å²) in [7, 11) is -3.52. The van der Waals surface area contributed by atoms with Gasteiger partial charge < -0.3 is 10.1 Å². The highest BCUT2D eigenvalue weighted by Crippen LogP contribution is 2.20. The number of ether oxygens (including phenoxy) is 1. The van der Waals surface area contributed by atoms with Gasteiger partial charge in [0.2, 0.25) is 5.91 Å². The summed E-state index contributed by atoms with van der Waals surface area (Å²) >= 11 is 3.34. The molecule has 1 N–H and O–H groups in total. The molecule has 1 saturated heterocycles. The highest BCUT2D eigenvalue weighted by molar-refractivity contribution is 9.10. The third-order valence-electron chi connectivity index (χ3n) is 5.24. The number of benzene rings is 1. The van der Waals surface area contributed by atoms with Crippen LogP contribution in [-0.4, -0.2) is 63.9 Å².